The molecular weight excluding hydrogens is 344 g/mol. The molecule has 0 radical (unpaired) electrons. The molecule has 2 aliphatic carbocycles. The molecule has 27 heavy (non-hydrogen) atoms. The van der Waals surface area contributed by atoms with Crippen LogP contribution in [0.2, 0.25) is 0 Å². The molecule has 4 atom stereocenters. The fourth-order valence-electron chi connectivity index (χ4n) is 5.64. The number of carboxylic acid groups (broad SMARTS) is 1. The van der Waals surface area contributed by atoms with Crippen LogP contribution in [-0.4, -0.2) is 23.7 Å². The predicted octanol–water partition coefficient (Wildman–Crippen LogP) is 4.62. The Labute approximate surface area is 160 Å². The first-order valence-corrected chi connectivity index (χ1v) is 9.86. The Hall–Kier alpha value is -2.04. The zero-order chi connectivity index (χ0) is 19.7. The lowest BCUT2D eigenvalue weighted by Crippen LogP contribution is -2.53. The number of fused-ring (bicyclic) bond motifs is 1. The average Bonchev–Trinajstić information content (AvgIpc) is 3.12. The van der Waals surface area contributed by atoms with Gasteiger partial charge in [0.25, 0.3) is 0 Å². The Balaban J connectivity index is 1.91. The monoisotopic (exact) mass is 374 g/mol. The van der Waals surface area contributed by atoms with Gasteiger partial charge in [-0.1, -0.05) is 19.9 Å². The molecule has 0 unspecified atom stereocenters. The van der Waals surface area contributed by atoms with E-state index in [9.17, 15) is 14.7 Å². The van der Waals surface area contributed by atoms with Gasteiger partial charge in [-0.15, -0.1) is 0 Å². The Kier molecular flexibility index (Phi) is 5.50. The molecule has 5 heteroatoms. The second kappa shape index (κ2) is 7.53. The van der Waals surface area contributed by atoms with Crippen molar-refractivity contribution in [3.63, 3.8) is 0 Å². The highest BCUT2D eigenvalue weighted by molar-refractivity contribution is 5.88. The van der Waals surface area contributed by atoms with Crippen molar-refractivity contribution in [2.75, 3.05) is 6.61 Å². The molecule has 1 heterocycles. The Morgan fingerprint density at radius 2 is 2.11 bits per heavy atom. The third-order valence-electron chi connectivity index (χ3n) is 7.18. The van der Waals surface area contributed by atoms with Gasteiger partial charge < -0.3 is 14.3 Å². The van der Waals surface area contributed by atoms with E-state index in [1.165, 1.54) is 6.92 Å². The Bertz CT molecular complexity index is 719. The van der Waals surface area contributed by atoms with Crippen LogP contribution in [0, 0.1) is 22.7 Å². The Morgan fingerprint density at radius 1 is 1.33 bits per heavy atom. The molecule has 0 aromatic carbocycles. The zero-order valence-corrected chi connectivity index (χ0v) is 16.5. The normalized spacial score (nSPS) is 33.1. The third-order valence-corrected chi connectivity index (χ3v) is 7.18. The molecular formula is C22H30O5. The zero-order valence-electron chi connectivity index (χ0n) is 16.5. The first kappa shape index (κ1) is 19.7. The van der Waals surface area contributed by atoms with Crippen molar-refractivity contribution >= 4 is 11.9 Å². The lowest BCUT2D eigenvalue weighted by Gasteiger charge is -2.58. The summed E-state index contributed by atoms with van der Waals surface area (Å²) in [5.41, 5.74) is 1.29. The van der Waals surface area contributed by atoms with Crippen LogP contribution in [0.3, 0.4) is 0 Å². The largest absolute Gasteiger partial charge is 0.478 e. The smallest absolute Gasteiger partial charge is 0.331 e. The summed E-state index contributed by atoms with van der Waals surface area (Å²) in [6, 6.07) is 1.98. The number of hydrogen-bond acceptors (Lipinski definition) is 4. The highest BCUT2D eigenvalue weighted by Gasteiger charge is 2.56. The van der Waals surface area contributed by atoms with Crippen molar-refractivity contribution in [1.82, 2.24) is 0 Å². The van der Waals surface area contributed by atoms with Crippen molar-refractivity contribution in [2.24, 2.45) is 22.7 Å². The number of allylic oxidation sites excluding steroid dienone is 1. The van der Waals surface area contributed by atoms with E-state index in [4.69, 9.17) is 9.15 Å². The van der Waals surface area contributed by atoms with Gasteiger partial charge in [0, 0.05) is 17.9 Å². The van der Waals surface area contributed by atoms with Gasteiger partial charge in [0.1, 0.15) is 0 Å². The van der Waals surface area contributed by atoms with Crippen LogP contribution in [0.1, 0.15) is 58.4 Å². The SMILES string of the molecule is CC(=O)OC[C@@H]1CC[C@@]2(C)C(C(=O)O)=CCC[C@@H]2[C@@]1(C)CCc1ccoc1. The van der Waals surface area contributed by atoms with Gasteiger partial charge >= 0.3 is 11.9 Å². The summed E-state index contributed by atoms with van der Waals surface area (Å²) in [5.74, 6) is -0.560. The molecule has 0 aliphatic heterocycles. The summed E-state index contributed by atoms with van der Waals surface area (Å²) in [6.07, 6.45) is 10.6. The third kappa shape index (κ3) is 3.69. The number of carbonyl (C=O) groups is 2. The summed E-state index contributed by atoms with van der Waals surface area (Å²) in [6.45, 7) is 6.25. The van der Waals surface area contributed by atoms with Gasteiger partial charge in [0.2, 0.25) is 0 Å². The van der Waals surface area contributed by atoms with E-state index < -0.39 is 5.97 Å². The molecule has 1 saturated carbocycles. The molecule has 0 saturated heterocycles. The molecule has 2 aliphatic rings. The summed E-state index contributed by atoms with van der Waals surface area (Å²) < 4.78 is 10.6. The van der Waals surface area contributed by atoms with E-state index >= 15 is 0 Å². The number of carboxylic acids is 1. The molecule has 1 aromatic rings. The number of rotatable bonds is 6. The van der Waals surface area contributed by atoms with Crippen molar-refractivity contribution in [3.05, 3.63) is 35.8 Å². The molecule has 0 spiro atoms. The number of ether oxygens (including phenoxy) is 1. The maximum atomic E-state index is 11.9. The Morgan fingerprint density at radius 3 is 2.74 bits per heavy atom. The minimum atomic E-state index is -0.794. The standard InChI is InChI=1S/C22H30O5/c1-15(23)27-14-17-8-11-22(3)18(20(24)25)5-4-6-19(22)21(17,2)10-7-16-9-12-26-13-16/h5,9,12-13,17,19H,4,6-8,10-11,14H2,1-3H3,(H,24,25)/t17-,19+,21-,22-/m0/s1. The van der Waals surface area contributed by atoms with Gasteiger partial charge in [-0.2, -0.15) is 0 Å². The fourth-order valence-corrected chi connectivity index (χ4v) is 5.64. The molecule has 1 N–H and O–H groups in total. The molecule has 1 aromatic heterocycles. The van der Waals surface area contributed by atoms with Crippen LogP contribution in [0.15, 0.2) is 34.7 Å². The van der Waals surface area contributed by atoms with Crippen LogP contribution in [0.25, 0.3) is 0 Å². The number of aryl methyl sites for hydroxylation is 1. The number of furan rings is 1. The summed E-state index contributed by atoms with van der Waals surface area (Å²) in [5, 5.41) is 9.78. The minimum absolute atomic E-state index is 0.103. The highest BCUT2D eigenvalue weighted by atomic mass is 16.5. The second-order valence-electron chi connectivity index (χ2n) is 8.65. The van der Waals surface area contributed by atoms with Crippen molar-refractivity contribution < 1.29 is 23.8 Å². The van der Waals surface area contributed by atoms with Gasteiger partial charge in [-0.3, -0.25) is 4.79 Å². The summed E-state index contributed by atoms with van der Waals surface area (Å²) in [4.78, 5) is 23.3. The van der Waals surface area contributed by atoms with E-state index in [1.807, 2.05) is 12.1 Å². The van der Waals surface area contributed by atoms with Crippen LogP contribution in [0.4, 0.5) is 0 Å². The number of carbonyl (C=O) groups excluding carboxylic acids is 1. The van der Waals surface area contributed by atoms with Crippen molar-refractivity contribution in [1.29, 1.82) is 0 Å². The van der Waals surface area contributed by atoms with E-state index in [2.05, 4.69) is 13.8 Å². The first-order chi connectivity index (χ1) is 12.8. The molecule has 148 valence electrons. The predicted molar refractivity (Wildman–Crippen MR) is 101 cm³/mol. The van der Waals surface area contributed by atoms with E-state index in [-0.39, 0.29) is 28.6 Å². The topological polar surface area (TPSA) is 76.7 Å². The van der Waals surface area contributed by atoms with Crippen LogP contribution in [0.5, 0.6) is 0 Å². The fraction of sp³-hybridized carbons (Fsp3) is 0.636. The van der Waals surface area contributed by atoms with Crippen molar-refractivity contribution in [3.8, 4) is 0 Å². The van der Waals surface area contributed by atoms with Crippen LogP contribution >= 0.6 is 0 Å². The molecule has 0 amide bonds. The number of hydrogen-bond donors (Lipinski definition) is 1. The molecule has 3 rings (SSSR count). The lowest BCUT2D eigenvalue weighted by molar-refractivity contribution is -0.149. The average molecular weight is 374 g/mol. The maximum Gasteiger partial charge on any atom is 0.331 e. The maximum absolute atomic E-state index is 11.9. The first-order valence-electron chi connectivity index (χ1n) is 9.86. The van der Waals surface area contributed by atoms with E-state index in [1.54, 1.807) is 12.5 Å². The van der Waals surface area contributed by atoms with E-state index in [0.717, 1.165) is 44.1 Å². The lowest BCUT2D eigenvalue weighted by atomic mass is 9.46. The summed E-state index contributed by atoms with van der Waals surface area (Å²) in [7, 11) is 0. The molecule has 1 fully saturated rings. The second-order valence-corrected chi connectivity index (χ2v) is 8.65. The van der Waals surface area contributed by atoms with Crippen LogP contribution in [-0.2, 0) is 20.7 Å². The molecule has 0 bridgehead atoms. The number of esters is 1. The van der Waals surface area contributed by atoms with Gasteiger partial charge in [-0.25, -0.2) is 4.79 Å². The number of aliphatic carboxylic acids is 1. The summed E-state index contributed by atoms with van der Waals surface area (Å²) >= 11 is 0. The van der Waals surface area contributed by atoms with Crippen molar-refractivity contribution in [2.45, 2.75) is 59.3 Å². The van der Waals surface area contributed by atoms with Gasteiger partial charge in [0.15, 0.2) is 0 Å². The minimum Gasteiger partial charge on any atom is -0.478 e. The molecule has 5 nitrogen and oxygen atoms in total. The van der Waals surface area contributed by atoms with Gasteiger partial charge in [-0.05, 0) is 67.4 Å². The highest BCUT2D eigenvalue weighted by Crippen LogP contribution is 2.62. The van der Waals surface area contributed by atoms with Gasteiger partial charge in [0.05, 0.1) is 19.1 Å². The van der Waals surface area contributed by atoms with E-state index in [0.29, 0.717) is 12.2 Å². The van der Waals surface area contributed by atoms with Crippen LogP contribution < -0.4 is 0 Å². The quantitative estimate of drug-likeness (QED) is 0.735.